The number of aromatic amines is 1. The molecule has 0 bridgehead atoms. The third kappa shape index (κ3) is 3.61. The first-order valence-electron chi connectivity index (χ1n) is 8.85. The Balaban J connectivity index is 0.00000182. The van der Waals surface area contributed by atoms with Gasteiger partial charge < -0.3 is 14.6 Å². The van der Waals surface area contributed by atoms with Gasteiger partial charge in [0.2, 0.25) is 0 Å². The van der Waals surface area contributed by atoms with E-state index in [2.05, 4.69) is 9.88 Å². The summed E-state index contributed by atoms with van der Waals surface area (Å²) < 4.78 is 7.39. The lowest BCUT2D eigenvalue weighted by Crippen LogP contribution is -2.45. The maximum atomic E-state index is 12.5. The molecular formula is C18H25Cl2N3O2. The van der Waals surface area contributed by atoms with Crippen LogP contribution in [0.25, 0.3) is 11.0 Å². The zero-order chi connectivity index (χ0) is 16.7. The number of hydrogen-bond donors (Lipinski definition) is 1. The van der Waals surface area contributed by atoms with Gasteiger partial charge in [0.05, 0.1) is 11.0 Å². The van der Waals surface area contributed by atoms with Gasteiger partial charge in [0, 0.05) is 43.4 Å². The number of hydrogen-bond acceptors (Lipinski definition) is 3. The number of piperidine rings is 1. The van der Waals surface area contributed by atoms with Crippen LogP contribution < -0.4 is 5.69 Å². The Hall–Kier alpha value is -1.01. The van der Waals surface area contributed by atoms with Crippen LogP contribution in [0.15, 0.2) is 16.9 Å². The SMILES string of the molecule is Cc1cc2[nH]c(=O)n(C3CCN(C4CCOCC4)CC3)c2cc1Cl.Cl. The average Bonchev–Trinajstić information content (AvgIpc) is 2.91. The fraction of sp³-hybridized carbons (Fsp3) is 0.611. The van der Waals surface area contributed by atoms with Crippen molar-refractivity contribution in [1.82, 2.24) is 14.5 Å². The number of nitrogens with one attached hydrogen (secondary N) is 1. The van der Waals surface area contributed by atoms with E-state index >= 15 is 0 Å². The van der Waals surface area contributed by atoms with Crippen LogP contribution >= 0.6 is 24.0 Å². The van der Waals surface area contributed by atoms with Gasteiger partial charge in [0.25, 0.3) is 0 Å². The minimum absolute atomic E-state index is 0. The van der Waals surface area contributed by atoms with Gasteiger partial charge in [-0.2, -0.15) is 0 Å². The van der Waals surface area contributed by atoms with Crippen molar-refractivity contribution in [2.45, 2.75) is 44.7 Å². The quantitative estimate of drug-likeness (QED) is 0.859. The molecule has 2 aliphatic heterocycles. The number of aryl methyl sites for hydroxylation is 1. The Bertz CT molecular complexity index is 787. The number of nitrogens with zero attached hydrogens (tertiary/aromatic N) is 2. The van der Waals surface area contributed by atoms with Crippen LogP contribution in [0.1, 0.15) is 37.3 Å². The predicted molar refractivity (Wildman–Crippen MR) is 103 cm³/mol. The van der Waals surface area contributed by atoms with E-state index in [0.717, 1.165) is 73.6 Å². The Kier molecular flexibility index (Phi) is 5.78. The number of imidazole rings is 1. The minimum Gasteiger partial charge on any atom is -0.381 e. The number of fused-ring (bicyclic) bond motifs is 1. The molecule has 0 saturated carbocycles. The molecule has 2 saturated heterocycles. The van der Waals surface area contributed by atoms with Gasteiger partial charge in [0.1, 0.15) is 0 Å². The molecule has 0 unspecified atom stereocenters. The fourth-order valence-electron chi connectivity index (χ4n) is 4.18. The predicted octanol–water partition coefficient (Wildman–Crippen LogP) is 3.53. The molecule has 1 N–H and O–H groups in total. The Labute approximate surface area is 158 Å². The van der Waals surface area contributed by atoms with Gasteiger partial charge in [-0.05, 0) is 50.3 Å². The van der Waals surface area contributed by atoms with Gasteiger partial charge in [0.15, 0.2) is 0 Å². The van der Waals surface area contributed by atoms with Crippen molar-refractivity contribution in [3.05, 3.63) is 33.2 Å². The maximum absolute atomic E-state index is 12.5. The smallest absolute Gasteiger partial charge is 0.326 e. The zero-order valence-corrected chi connectivity index (χ0v) is 16.0. The summed E-state index contributed by atoms with van der Waals surface area (Å²) >= 11 is 6.28. The summed E-state index contributed by atoms with van der Waals surface area (Å²) in [6.45, 7) is 5.82. The average molecular weight is 386 g/mol. The molecule has 0 spiro atoms. The highest BCUT2D eigenvalue weighted by molar-refractivity contribution is 6.32. The summed E-state index contributed by atoms with van der Waals surface area (Å²) in [5, 5.41) is 0.717. The number of likely N-dealkylation sites (tertiary alicyclic amines) is 1. The van der Waals surface area contributed by atoms with Crippen molar-refractivity contribution in [2.75, 3.05) is 26.3 Å². The molecule has 0 radical (unpaired) electrons. The first-order chi connectivity index (χ1) is 11.6. The highest BCUT2D eigenvalue weighted by Gasteiger charge is 2.28. The molecule has 25 heavy (non-hydrogen) atoms. The van der Waals surface area contributed by atoms with E-state index in [1.165, 1.54) is 0 Å². The van der Waals surface area contributed by atoms with Crippen molar-refractivity contribution in [1.29, 1.82) is 0 Å². The number of H-pyrrole nitrogens is 1. The second-order valence-electron chi connectivity index (χ2n) is 7.03. The van der Waals surface area contributed by atoms with E-state index in [-0.39, 0.29) is 24.1 Å². The van der Waals surface area contributed by atoms with E-state index in [9.17, 15) is 4.79 Å². The summed E-state index contributed by atoms with van der Waals surface area (Å²) in [6, 6.07) is 4.79. The van der Waals surface area contributed by atoms with Crippen LogP contribution in [-0.4, -0.2) is 46.8 Å². The minimum atomic E-state index is -0.0174. The molecule has 0 atom stereocenters. The second-order valence-corrected chi connectivity index (χ2v) is 7.44. The van der Waals surface area contributed by atoms with Crippen molar-refractivity contribution in [3.8, 4) is 0 Å². The molecule has 1 aromatic heterocycles. The van der Waals surface area contributed by atoms with Crippen LogP contribution in [0.4, 0.5) is 0 Å². The van der Waals surface area contributed by atoms with Crippen molar-refractivity contribution < 1.29 is 4.74 Å². The Morgan fingerprint density at radius 1 is 1.12 bits per heavy atom. The third-order valence-corrected chi connectivity index (χ3v) is 5.98. The van der Waals surface area contributed by atoms with Crippen LogP contribution in [0.3, 0.4) is 0 Å². The summed E-state index contributed by atoms with van der Waals surface area (Å²) in [4.78, 5) is 18.0. The fourth-order valence-corrected chi connectivity index (χ4v) is 4.34. The number of rotatable bonds is 2. The lowest BCUT2D eigenvalue weighted by atomic mass is 9.99. The lowest BCUT2D eigenvalue weighted by Gasteiger charge is -2.39. The maximum Gasteiger partial charge on any atom is 0.326 e. The van der Waals surface area contributed by atoms with Crippen molar-refractivity contribution >= 4 is 35.0 Å². The molecule has 7 heteroatoms. The summed E-state index contributed by atoms with van der Waals surface area (Å²) in [6.07, 6.45) is 4.28. The van der Waals surface area contributed by atoms with Gasteiger partial charge >= 0.3 is 5.69 Å². The van der Waals surface area contributed by atoms with Crippen molar-refractivity contribution in [3.63, 3.8) is 0 Å². The summed E-state index contributed by atoms with van der Waals surface area (Å²) in [5.74, 6) is 0. The Morgan fingerprint density at radius 3 is 2.48 bits per heavy atom. The number of aromatic nitrogens is 2. The van der Waals surface area contributed by atoms with E-state index in [1.807, 2.05) is 23.6 Å². The molecule has 0 amide bonds. The second kappa shape index (κ2) is 7.70. The first kappa shape index (κ1) is 18.8. The highest BCUT2D eigenvalue weighted by atomic mass is 35.5. The van der Waals surface area contributed by atoms with Crippen molar-refractivity contribution in [2.24, 2.45) is 0 Å². The molecule has 3 heterocycles. The molecule has 2 aliphatic rings. The third-order valence-electron chi connectivity index (χ3n) is 5.57. The number of halogens is 2. The molecule has 2 fully saturated rings. The molecule has 5 nitrogen and oxygen atoms in total. The molecule has 1 aromatic carbocycles. The summed E-state index contributed by atoms with van der Waals surface area (Å²) in [7, 11) is 0. The number of ether oxygens (including phenoxy) is 1. The molecule has 0 aliphatic carbocycles. The van der Waals surface area contributed by atoms with E-state index in [4.69, 9.17) is 16.3 Å². The van der Waals surface area contributed by atoms with Gasteiger partial charge in [-0.15, -0.1) is 12.4 Å². The monoisotopic (exact) mass is 385 g/mol. The van der Waals surface area contributed by atoms with Crippen LogP contribution in [0.2, 0.25) is 5.02 Å². The highest BCUT2D eigenvalue weighted by Crippen LogP contribution is 2.29. The van der Waals surface area contributed by atoms with E-state index in [1.54, 1.807) is 0 Å². The van der Waals surface area contributed by atoms with Crippen LogP contribution in [0.5, 0.6) is 0 Å². The topological polar surface area (TPSA) is 50.3 Å². The molecule has 2 aromatic rings. The molecule has 4 rings (SSSR count). The number of benzene rings is 1. The first-order valence-corrected chi connectivity index (χ1v) is 9.23. The molecular weight excluding hydrogens is 361 g/mol. The zero-order valence-electron chi connectivity index (χ0n) is 14.5. The van der Waals surface area contributed by atoms with Gasteiger partial charge in [-0.25, -0.2) is 4.79 Å². The largest absolute Gasteiger partial charge is 0.381 e. The van der Waals surface area contributed by atoms with Crippen LogP contribution in [-0.2, 0) is 4.74 Å². The lowest BCUT2D eigenvalue weighted by molar-refractivity contribution is 0.0220. The standard InChI is InChI=1S/C18H24ClN3O2.ClH/c1-12-10-16-17(11-15(12)19)22(18(23)20-16)14-2-6-21(7-3-14)13-4-8-24-9-5-13;/h10-11,13-14H,2-9H2,1H3,(H,20,23);1H. The normalized spacial score (nSPS) is 20.7. The van der Waals surface area contributed by atoms with Gasteiger partial charge in [-0.1, -0.05) is 11.6 Å². The van der Waals surface area contributed by atoms with Crippen LogP contribution in [0, 0.1) is 6.92 Å². The van der Waals surface area contributed by atoms with E-state index < -0.39 is 0 Å². The summed E-state index contributed by atoms with van der Waals surface area (Å²) in [5.41, 5.74) is 2.79. The van der Waals surface area contributed by atoms with Gasteiger partial charge in [-0.3, -0.25) is 4.57 Å². The molecule has 138 valence electrons. The van der Waals surface area contributed by atoms with E-state index in [0.29, 0.717) is 6.04 Å². The Morgan fingerprint density at radius 2 is 1.80 bits per heavy atom.